The quantitative estimate of drug-likeness (QED) is 0.786. The SMILES string of the molecule is Cc1ncc(N2C[C@H]3CC[C@@H](C2)[C@@H]3N)s1. The normalized spacial score (nSPS) is 34.8. The second-order valence-electron chi connectivity index (χ2n) is 4.80. The van der Waals surface area contributed by atoms with Crippen LogP contribution in [0.25, 0.3) is 0 Å². The lowest BCUT2D eigenvalue weighted by Gasteiger charge is -2.36. The number of hydrogen-bond acceptors (Lipinski definition) is 4. The molecular formula is C11H17N3S. The molecule has 4 heteroatoms. The van der Waals surface area contributed by atoms with Gasteiger partial charge in [-0.15, -0.1) is 11.3 Å². The topological polar surface area (TPSA) is 42.2 Å². The lowest BCUT2D eigenvalue weighted by molar-refractivity contribution is 0.357. The minimum absolute atomic E-state index is 0.454. The van der Waals surface area contributed by atoms with Crippen molar-refractivity contribution in [3.63, 3.8) is 0 Å². The third kappa shape index (κ3) is 1.56. The van der Waals surface area contributed by atoms with E-state index < -0.39 is 0 Å². The van der Waals surface area contributed by atoms with E-state index in [1.165, 1.54) is 17.8 Å². The molecule has 0 amide bonds. The number of piperidine rings is 1. The van der Waals surface area contributed by atoms with E-state index in [1.54, 1.807) is 11.3 Å². The van der Waals surface area contributed by atoms with Gasteiger partial charge >= 0.3 is 0 Å². The van der Waals surface area contributed by atoms with Crippen LogP contribution in [-0.2, 0) is 0 Å². The van der Waals surface area contributed by atoms with Crippen LogP contribution in [0.3, 0.4) is 0 Å². The molecule has 2 bridgehead atoms. The van der Waals surface area contributed by atoms with Gasteiger partial charge in [0.25, 0.3) is 0 Å². The first-order valence-corrected chi connectivity index (χ1v) is 6.48. The number of aromatic nitrogens is 1. The Morgan fingerprint density at radius 1 is 1.40 bits per heavy atom. The minimum Gasteiger partial charge on any atom is -0.361 e. The highest BCUT2D eigenvalue weighted by molar-refractivity contribution is 7.15. The fourth-order valence-corrected chi connectivity index (χ4v) is 3.73. The fraction of sp³-hybridized carbons (Fsp3) is 0.727. The van der Waals surface area contributed by atoms with Crippen molar-refractivity contribution in [3.05, 3.63) is 11.2 Å². The van der Waals surface area contributed by atoms with Crippen LogP contribution in [0.5, 0.6) is 0 Å². The van der Waals surface area contributed by atoms with Crippen molar-refractivity contribution < 1.29 is 0 Å². The average Bonchev–Trinajstić information content (AvgIpc) is 2.70. The molecular weight excluding hydrogens is 206 g/mol. The van der Waals surface area contributed by atoms with Gasteiger partial charge in [-0.2, -0.15) is 0 Å². The number of aryl methyl sites for hydroxylation is 1. The molecule has 1 aliphatic heterocycles. The largest absolute Gasteiger partial charge is 0.361 e. The zero-order valence-electron chi connectivity index (χ0n) is 9.02. The van der Waals surface area contributed by atoms with Crippen LogP contribution in [0, 0.1) is 18.8 Å². The van der Waals surface area contributed by atoms with Crippen molar-refractivity contribution in [1.82, 2.24) is 4.98 Å². The van der Waals surface area contributed by atoms with E-state index in [-0.39, 0.29) is 0 Å². The molecule has 3 rings (SSSR count). The second-order valence-corrected chi connectivity index (χ2v) is 6.01. The molecule has 3 atom stereocenters. The molecule has 0 aromatic carbocycles. The summed E-state index contributed by atoms with van der Waals surface area (Å²) in [5.41, 5.74) is 6.19. The molecule has 15 heavy (non-hydrogen) atoms. The molecule has 2 N–H and O–H groups in total. The van der Waals surface area contributed by atoms with Gasteiger partial charge in [-0.1, -0.05) is 0 Å². The maximum Gasteiger partial charge on any atom is 0.111 e. The van der Waals surface area contributed by atoms with Crippen molar-refractivity contribution in [1.29, 1.82) is 0 Å². The summed E-state index contributed by atoms with van der Waals surface area (Å²) >= 11 is 1.80. The molecule has 1 aromatic rings. The highest BCUT2D eigenvalue weighted by atomic mass is 32.1. The van der Waals surface area contributed by atoms with Crippen molar-refractivity contribution in [2.24, 2.45) is 17.6 Å². The molecule has 3 nitrogen and oxygen atoms in total. The lowest BCUT2D eigenvalue weighted by Crippen LogP contribution is -2.48. The van der Waals surface area contributed by atoms with Crippen LogP contribution < -0.4 is 10.6 Å². The highest BCUT2D eigenvalue weighted by Crippen LogP contribution is 2.38. The number of fused-ring (bicyclic) bond motifs is 2. The van der Waals surface area contributed by atoms with E-state index in [4.69, 9.17) is 5.73 Å². The van der Waals surface area contributed by atoms with Gasteiger partial charge in [-0.3, -0.25) is 0 Å². The average molecular weight is 223 g/mol. The summed E-state index contributed by atoms with van der Waals surface area (Å²) < 4.78 is 0. The Morgan fingerprint density at radius 2 is 2.07 bits per heavy atom. The van der Waals surface area contributed by atoms with Crippen LogP contribution in [0.4, 0.5) is 5.00 Å². The summed E-state index contributed by atoms with van der Waals surface area (Å²) in [5.74, 6) is 1.43. The maximum atomic E-state index is 6.19. The highest BCUT2D eigenvalue weighted by Gasteiger charge is 2.40. The predicted octanol–water partition coefficient (Wildman–Crippen LogP) is 1.63. The molecule has 1 aromatic heterocycles. The van der Waals surface area contributed by atoms with E-state index in [9.17, 15) is 0 Å². The molecule has 82 valence electrons. The second kappa shape index (κ2) is 3.46. The van der Waals surface area contributed by atoms with Crippen LogP contribution in [0.1, 0.15) is 17.8 Å². The van der Waals surface area contributed by atoms with Crippen LogP contribution in [-0.4, -0.2) is 24.1 Å². The summed E-state index contributed by atoms with van der Waals surface area (Å²) in [5, 5.41) is 2.49. The number of nitrogens with two attached hydrogens (primary N) is 1. The summed E-state index contributed by atoms with van der Waals surface area (Å²) in [6, 6.07) is 0.454. The summed E-state index contributed by atoms with van der Waals surface area (Å²) in [7, 11) is 0. The summed E-state index contributed by atoms with van der Waals surface area (Å²) in [6.07, 6.45) is 4.65. The van der Waals surface area contributed by atoms with Gasteiger partial charge < -0.3 is 10.6 Å². The predicted molar refractivity (Wildman–Crippen MR) is 63.3 cm³/mol. The zero-order valence-corrected chi connectivity index (χ0v) is 9.83. The Kier molecular flexibility index (Phi) is 2.21. The molecule has 1 saturated carbocycles. The van der Waals surface area contributed by atoms with Gasteiger partial charge in [0.1, 0.15) is 5.00 Å². The summed E-state index contributed by atoms with van der Waals surface area (Å²) in [6.45, 7) is 4.34. The van der Waals surface area contributed by atoms with E-state index >= 15 is 0 Å². The van der Waals surface area contributed by atoms with Gasteiger partial charge in [-0.25, -0.2) is 4.98 Å². The van der Waals surface area contributed by atoms with Crippen molar-refractivity contribution in [2.75, 3.05) is 18.0 Å². The van der Waals surface area contributed by atoms with Gasteiger partial charge in [0.2, 0.25) is 0 Å². The first-order chi connectivity index (χ1) is 7.24. The van der Waals surface area contributed by atoms with Gasteiger partial charge in [-0.05, 0) is 31.6 Å². The molecule has 2 aliphatic rings. The number of thiazole rings is 1. The van der Waals surface area contributed by atoms with E-state index in [1.807, 2.05) is 6.20 Å². The molecule has 2 heterocycles. The molecule has 0 spiro atoms. The maximum absolute atomic E-state index is 6.19. The molecule has 1 aliphatic carbocycles. The van der Waals surface area contributed by atoms with Gasteiger partial charge in [0, 0.05) is 19.1 Å². The monoisotopic (exact) mass is 223 g/mol. The number of anilines is 1. The molecule has 0 unspecified atom stereocenters. The number of nitrogens with zero attached hydrogens (tertiary/aromatic N) is 2. The van der Waals surface area contributed by atoms with E-state index in [2.05, 4.69) is 16.8 Å². The van der Waals surface area contributed by atoms with Crippen LogP contribution in [0.2, 0.25) is 0 Å². The van der Waals surface area contributed by atoms with Crippen molar-refractivity contribution >= 4 is 16.3 Å². The standard InChI is InChI=1S/C11H17N3S/c1-7-13-4-10(15-7)14-5-8-2-3-9(6-14)11(8)12/h4,8-9,11H,2-3,5-6,12H2,1H3/t8-,9+,11-. The Labute approximate surface area is 94.3 Å². The molecule has 2 fully saturated rings. The van der Waals surface area contributed by atoms with Gasteiger partial charge in [0.05, 0.1) is 11.2 Å². The minimum atomic E-state index is 0.454. The zero-order chi connectivity index (χ0) is 10.4. The van der Waals surface area contributed by atoms with E-state index in [0.717, 1.165) is 18.1 Å². The third-order valence-electron chi connectivity index (χ3n) is 3.83. The number of hydrogen-bond donors (Lipinski definition) is 1. The smallest absolute Gasteiger partial charge is 0.111 e. The van der Waals surface area contributed by atoms with Crippen LogP contribution >= 0.6 is 11.3 Å². The third-order valence-corrected chi connectivity index (χ3v) is 4.80. The Morgan fingerprint density at radius 3 is 2.60 bits per heavy atom. The first kappa shape index (κ1) is 9.60. The Hall–Kier alpha value is -0.610. The first-order valence-electron chi connectivity index (χ1n) is 5.67. The number of rotatable bonds is 1. The Bertz CT molecular complexity index is 348. The summed E-state index contributed by atoms with van der Waals surface area (Å²) in [4.78, 5) is 6.81. The van der Waals surface area contributed by atoms with Crippen molar-refractivity contribution in [3.8, 4) is 0 Å². The lowest BCUT2D eigenvalue weighted by atomic mass is 9.93. The van der Waals surface area contributed by atoms with Gasteiger partial charge in [0.15, 0.2) is 0 Å². The molecule has 1 saturated heterocycles. The van der Waals surface area contributed by atoms with Crippen molar-refractivity contribution in [2.45, 2.75) is 25.8 Å². The van der Waals surface area contributed by atoms with Crippen LogP contribution in [0.15, 0.2) is 6.20 Å². The van der Waals surface area contributed by atoms with E-state index in [0.29, 0.717) is 17.9 Å². The fourth-order valence-electron chi connectivity index (χ4n) is 2.94. The Balaban J connectivity index is 1.80. The molecule has 0 radical (unpaired) electrons.